The van der Waals surface area contributed by atoms with Crippen LogP contribution in [0.4, 0.5) is 14.9 Å². The van der Waals surface area contributed by atoms with E-state index in [9.17, 15) is 9.18 Å². The van der Waals surface area contributed by atoms with E-state index in [0.717, 1.165) is 15.6 Å². The summed E-state index contributed by atoms with van der Waals surface area (Å²) in [5.41, 5.74) is 2.59. The second kappa shape index (κ2) is 5.52. The molecule has 6 heteroatoms. The third-order valence-corrected chi connectivity index (χ3v) is 5.90. The summed E-state index contributed by atoms with van der Waals surface area (Å²) in [6.45, 7) is 0.464. The second-order valence-electron chi connectivity index (χ2n) is 6.61. The average molecular weight is 353 g/mol. The molecule has 1 aliphatic carbocycles. The molecule has 0 spiro atoms. The lowest BCUT2D eigenvalue weighted by molar-refractivity contribution is 0.251. The van der Waals surface area contributed by atoms with Crippen molar-refractivity contribution in [1.29, 1.82) is 0 Å². The van der Waals surface area contributed by atoms with Crippen molar-refractivity contribution in [3.8, 4) is 0 Å². The summed E-state index contributed by atoms with van der Waals surface area (Å²) >= 11 is 1.50. The van der Waals surface area contributed by atoms with Gasteiger partial charge < -0.3 is 5.32 Å². The van der Waals surface area contributed by atoms with Gasteiger partial charge in [0, 0.05) is 23.6 Å². The number of nitrogens with one attached hydrogen (secondary N) is 1. The van der Waals surface area contributed by atoms with E-state index in [1.165, 1.54) is 35.8 Å². The molecule has 1 unspecified atom stereocenters. The number of thiophene rings is 1. The first-order valence-corrected chi connectivity index (χ1v) is 9.28. The molecule has 3 aromatic rings. The molecule has 2 fully saturated rings. The minimum atomic E-state index is -0.367. The molecule has 1 aromatic carbocycles. The molecule has 5 rings (SSSR count). The van der Waals surface area contributed by atoms with Crippen molar-refractivity contribution in [3.05, 3.63) is 59.0 Å². The Kier molecular flexibility index (Phi) is 3.28. The highest BCUT2D eigenvalue weighted by molar-refractivity contribution is 7.17. The minimum Gasteiger partial charge on any atom is -0.335 e. The Morgan fingerprint density at radius 2 is 2.12 bits per heavy atom. The summed E-state index contributed by atoms with van der Waals surface area (Å²) in [4.78, 5) is 18.3. The first-order chi connectivity index (χ1) is 12.2. The van der Waals surface area contributed by atoms with E-state index < -0.39 is 0 Å². The lowest BCUT2D eigenvalue weighted by atomic mass is 9.98. The SMILES string of the molecule is O=C1NCC(c2cnccc2C2CC2)N1c1cc2ccsc2cc1F. The Balaban J connectivity index is 1.63. The predicted molar refractivity (Wildman–Crippen MR) is 96.6 cm³/mol. The molecular weight excluding hydrogens is 337 g/mol. The van der Waals surface area contributed by atoms with Gasteiger partial charge in [-0.25, -0.2) is 9.18 Å². The number of urea groups is 1. The van der Waals surface area contributed by atoms with Gasteiger partial charge in [-0.1, -0.05) is 0 Å². The van der Waals surface area contributed by atoms with Gasteiger partial charge in [0.15, 0.2) is 0 Å². The van der Waals surface area contributed by atoms with E-state index in [2.05, 4.69) is 10.3 Å². The number of carbonyl (C=O) groups excluding carboxylic acids is 1. The van der Waals surface area contributed by atoms with Gasteiger partial charge in [0.05, 0.1) is 11.7 Å². The molecule has 0 radical (unpaired) electrons. The van der Waals surface area contributed by atoms with Crippen LogP contribution >= 0.6 is 11.3 Å². The minimum absolute atomic E-state index is 0.234. The lowest BCUT2D eigenvalue weighted by Gasteiger charge is -2.25. The lowest BCUT2D eigenvalue weighted by Crippen LogP contribution is -2.30. The van der Waals surface area contributed by atoms with Crippen molar-refractivity contribution in [2.45, 2.75) is 24.8 Å². The summed E-state index contributed by atoms with van der Waals surface area (Å²) in [6, 6.07) is 6.78. The number of amides is 2. The van der Waals surface area contributed by atoms with Crippen LogP contribution in [0.2, 0.25) is 0 Å². The zero-order valence-electron chi connectivity index (χ0n) is 13.4. The van der Waals surface area contributed by atoms with E-state index in [-0.39, 0.29) is 17.9 Å². The Labute approximate surface area is 148 Å². The highest BCUT2D eigenvalue weighted by atomic mass is 32.1. The zero-order chi connectivity index (χ0) is 17.0. The molecule has 2 amide bonds. The molecule has 1 atom stereocenters. The van der Waals surface area contributed by atoms with Crippen LogP contribution < -0.4 is 10.2 Å². The Hall–Kier alpha value is -2.47. The first-order valence-electron chi connectivity index (χ1n) is 8.40. The fraction of sp³-hybridized carbons (Fsp3) is 0.263. The maximum atomic E-state index is 14.8. The van der Waals surface area contributed by atoms with Crippen LogP contribution in [-0.2, 0) is 0 Å². The van der Waals surface area contributed by atoms with Crippen LogP contribution in [0.5, 0.6) is 0 Å². The molecule has 1 saturated carbocycles. The van der Waals surface area contributed by atoms with Crippen LogP contribution in [0.3, 0.4) is 0 Å². The number of halogens is 1. The smallest absolute Gasteiger partial charge is 0.322 e. The first kappa shape index (κ1) is 14.8. The quantitative estimate of drug-likeness (QED) is 0.749. The molecule has 1 saturated heterocycles. The summed E-state index contributed by atoms with van der Waals surface area (Å²) < 4.78 is 15.6. The maximum Gasteiger partial charge on any atom is 0.322 e. The molecule has 3 heterocycles. The van der Waals surface area contributed by atoms with E-state index >= 15 is 0 Å². The van der Waals surface area contributed by atoms with Crippen molar-refractivity contribution < 1.29 is 9.18 Å². The normalized spacial score (nSPS) is 20.3. The monoisotopic (exact) mass is 353 g/mol. The highest BCUT2D eigenvalue weighted by Crippen LogP contribution is 2.45. The number of pyridine rings is 1. The molecule has 25 heavy (non-hydrogen) atoms. The largest absolute Gasteiger partial charge is 0.335 e. The van der Waals surface area contributed by atoms with E-state index in [0.29, 0.717) is 18.2 Å². The molecule has 126 valence electrons. The van der Waals surface area contributed by atoms with Crippen molar-refractivity contribution in [1.82, 2.24) is 10.3 Å². The fourth-order valence-electron chi connectivity index (χ4n) is 3.65. The Morgan fingerprint density at radius 3 is 2.96 bits per heavy atom. The number of anilines is 1. The number of nitrogens with zero attached hydrogens (tertiary/aromatic N) is 2. The van der Waals surface area contributed by atoms with Crippen LogP contribution in [0.15, 0.2) is 42.0 Å². The van der Waals surface area contributed by atoms with Crippen LogP contribution in [-0.4, -0.2) is 17.6 Å². The van der Waals surface area contributed by atoms with Gasteiger partial charge in [-0.15, -0.1) is 11.3 Å². The summed E-state index contributed by atoms with van der Waals surface area (Å²) in [5.74, 6) is 0.175. The number of carbonyl (C=O) groups is 1. The standard InChI is InChI=1S/C19H16FN3OS/c20-15-8-18-12(4-6-25-18)7-16(15)23-17(10-22-19(23)24)14-9-21-5-3-13(14)11-1-2-11/h3-9,11,17H,1-2,10H2,(H,22,24). The molecule has 0 bridgehead atoms. The van der Waals surface area contributed by atoms with Gasteiger partial charge in [0.25, 0.3) is 0 Å². The molecule has 1 N–H and O–H groups in total. The second-order valence-corrected chi connectivity index (χ2v) is 7.56. The van der Waals surface area contributed by atoms with Gasteiger partial charge >= 0.3 is 6.03 Å². The maximum absolute atomic E-state index is 14.8. The van der Waals surface area contributed by atoms with E-state index in [1.807, 2.05) is 23.7 Å². The Bertz CT molecular complexity index is 982. The van der Waals surface area contributed by atoms with Crippen LogP contribution in [0.25, 0.3) is 10.1 Å². The third-order valence-electron chi connectivity index (χ3n) is 5.02. The molecule has 2 aromatic heterocycles. The molecule has 1 aliphatic heterocycles. The number of hydrogen-bond acceptors (Lipinski definition) is 3. The summed E-state index contributed by atoms with van der Waals surface area (Å²) in [7, 11) is 0. The summed E-state index contributed by atoms with van der Waals surface area (Å²) in [5, 5.41) is 5.75. The van der Waals surface area contributed by atoms with E-state index in [4.69, 9.17) is 0 Å². The third kappa shape index (κ3) is 2.40. The van der Waals surface area contributed by atoms with Crippen molar-refractivity contribution in [2.75, 3.05) is 11.4 Å². The predicted octanol–water partition coefficient (Wildman–Crippen LogP) is 4.58. The number of fused-ring (bicyclic) bond motifs is 1. The highest BCUT2D eigenvalue weighted by Gasteiger charge is 2.38. The number of aromatic nitrogens is 1. The number of benzene rings is 1. The average Bonchev–Trinajstić information content (AvgIpc) is 3.26. The van der Waals surface area contributed by atoms with Crippen molar-refractivity contribution in [3.63, 3.8) is 0 Å². The van der Waals surface area contributed by atoms with E-state index in [1.54, 1.807) is 17.2 Å². The van der Waals surface area contributed by atoms with Crippen molar-refractivity contribution >= 4 is 33.1 Å². The van der Waals surface area contributed by atoms with Gasteiger partial charge in [-0.3, -0.25) is 9.88 Å². The number of rotatable bonds is 3. The Morgan fingerprint density at radius 1 is 1.24 bits per heavy atom. The molecular formula is C19H16FN3OS. The number of hydrogen-bond donors (Lipinski definition) is 1. The molecule has 4 nitrogen and oxygen atoms in total. The zero-order valence-corrected chi connectivity index (χ0v) is 14.2. The van der Waals surface area contributed by atoms with Crippen LogP contribution in [0, 0.1) is 5.82 Å². The fourth-order valence-corrected chi connectivity index (χ4v) is 4.44. The van der Waals surface area contributed by atoms with Gasteiger partial charge in [-0.05, 0) is 64.9 Å². The van der Waals surface area contributed by atoms with Crippen molar-refractivity contribution in [2.24, 2.45) is 0 Å². The topological polar surface area (TPSA) is 45.2 Å². The summed E-state index contributed by atoms with van der Waals surface area (Å²) in [6.07, 6.45) is 5.96. The van der Waals surface area contributed by atoms with Gasteiger partial charge in [-0.2, -0.15) is 0 Å². The molecule has 2 aliphatic rings. The van der Waals surface area contributed by atoms with Crippen LogP contribution in [0.1, 0.15) is 35.9 Å². The van der Waals surface area contributed by atoms with Gasteiger partial charge in [0.1, 0.15) is 5.82 Å². The van der Waals surface area contributed by atoms with Gasteiger partial charge in [0.2, 0.25) is 0 Å².